The molecule has 13 heteroatoms. The van der Waals surface area contributed by atoms with E-state index in [2.05, 4.69) is 26.4 Å². The molecule has 1 aromatic heterocycles. The number of aliphatic hydroxyl groups is 1. The van der Waals surface area contributed by atoms with Crippen LogP contribution in [0.2, 0.25) is 0 Å². The van der Waals surface area contributed by atoms with Gasteiger partial charge in [-0.1, -0.05) is 102 Å². The number of carbonyl (C=O) groups excluding carboxylic acids is 4. The molecular weight excluding hydrogens is 652 g/mol. The maximum Gasteiger partial charge on any atom is 0.407 e. The number of aliphatic hydroxyl groups excluding tert-OH is 1. The number of methoxy groups -OCH3 is 2. The Morgan fingerprint density at radius 1 is 0.725 bits per heavy atom. The van der Waals surface area contributed by atoms with Gasteiger partial charge in [-0.15, -0.1) is 0 Å². The SMILES string of the molecule is COC(=O)NC(C(=O)NC(Cc1ccccc1)C(O)CN(Cc1ccc(-c2ccccn2)cc1)NC(=O)[C@@H](NC(=O)OC)C(C)(C)C)C(C)(C)C. The highest BCUT2D eigenvalue weighted by Crippen LogP contribution is 2.23. The molecule has 0 saturated carbocycles. The number of hydrogen-bond donors (Lipinski definition) is 5. The minimum Gasteiger partial charge on any atom is -0.453 e. The second kappa shape index (κ2) is 18.3. The molecule has 2 aromatic carbocycles. The van der Waals surface area contributed by atoms with Gasteiger partial charge in [0.15, 0.2) is 0 Å². The maximum absolute atomic E-state index is 13.8. The third-order valence-electron chi connectivity index (χ3n) is 8.21. The standard InChI is InChI=1S/C38H52N6O7/c1-37(2,3)31(41-35(48)50-7)33(46)40-29(22-25-14-10-9-11-15-25)30(45)24-44(43-34(47)32(38(4,5)6)42-36(49)51-8)23-26-17-19-27(20-18-26)28-16-12-13-21-39-28/h9-21,29-32,45H,22-24H2,1-8H3,(H,40,46)(H,41,48)(H,42,49)(H,43,47)/t29?,30?,31?,32-/m1/s1. The van der Waals surface area contributed by atoms with Crippen LogP contribution in [0, 0.1) is 10.8 Å². The highest BCUT2D eigenvalue weighted by atomic mass is 16.5. The van der Waals surface area contributed by atoms with Crippen molar-refractivity contribution in [3.63, 3.8) is 0 Å². The molecule has 3 unspecified atom stereocenters. The zero-order valence-electron chi connectivity index (χ0n) is 30.7. The quantitative estimate of drug-likeness (QED) is 0.154. The van der Waals surface area contributed by atoms with Gasteiger partial charge in [0.05, 0.1) is 32.1 Å². The number of hydrazine groups is 1. The molecule has 3 rings (SSSR count). The summed E-state index contributed by atoms with van der Waals surface area (Å²) in [5, 5.41) is 21.6. The molecule has 1 heterocycles. The first-order chi connectivity index (χ1) is 24.0. The minimum atomic E-state index is -1.22. The summed E-state index contributed by atoms with van der Waals surface area (Å²) in [4.78, 5) is 56.3. The highest BCUT2D eigenvalue weighted by Gasteiger charge is 2.37. The van der Waals surface area contributed by atoms with Crippen LogP contribution in [0.4, 0.5) is 9.59 Å². The molecule has 4 amide bonds. The molecule has 276 valence electrons. The Balaban J connectivity index is 1.96. The molecule has 4 atom stereocenters. The molecule has 5 N–H and O–H groups in total. The van der Waals surface area contributed by atoms with Crippen LogP contribution in [-0.4, -0.2) is 84.1 Å². The summed E-state index contributed by atoms with van der Waals surface area (Å²) in [6.07, 6.45) is -0.778. The fourth-order valence-corrected chi connectivity index (χ4v) is 5.38. The number of carbonyl (C=O) groups is 4. The van der Waals surface area contributed by atoms with E-state index in [1.54, 1.807) is 32.0 Å². The van der Waals surface area contributed by atoms with E-state index >= 15 is 0 Å². The van der Waals surface area contributed by atoms with Gasteiger partial charge >= 0.3 is 12.2 Å². The van der Waals surface area contributed by atoms with Gasteiger partial charge in [-0.3, -0.25) is 20.0 Å². The Kier molecular flexibility index (Phi) is 14.5. The van der Waals surface area contributed by atoms with Gasteiger partial charge < -0.3 is 30.5 Å². The van der Waals surface area contributed by atoms with Gasteiger partial charge in [-0.2, -0.15) is 0 Å². The van der Waals surface area contributed by atoms with Gasteiger partial charge in [0, 0.05) is 24.8 Å². The van der Waals surface area contributed by atoms with Crippen molar-refractivity contribution in [1.82, 2.24) is 31.4 Å². The first-order valence-corrected chi connectivity index (χ1v) is 16.8. The smallest absolute Gasteiger partial charge is 0.407 e. The summed E-state index contributed by atoms with van der Waals surface area (Å²) in [6, 6.07) is 19.8. The van der Waals surface area contributed by atoms with Crippen molar-refractivity contribution in [3.8, 4) is 11.3 Å². The number of hydrogen-bond acceptors (Lipinski definition) is 9. The average molecular weight is 705 g/mol. The second-order valence-electron chi connectivity index (χ2n) is 14.5. The van der Waals surface area contributed by atoms with E-state index in [1.165, 1.54) is 14.2 Å². The van der Waals surface area contributed by atoms with E-state index in [4.69, 9.17) is 9.47 Å². The number of alkyl carbamates (subject to hydrolysis) is 2. The Labute approximate surface area is 300 Å². The minimum absolute atomic E-state index is 0.120. The summed E-state index contributed by atoms with van der Waals surface area (Å²) in [5.74, 6) is -1.03. The number of benzene rings is 2. The molecule has 0 radical (unpaired) electrons. The molecule has 0 spiro atoms. The summed E-state index contributed by atoms with van der Waals surface area (Å²) < 4.78 is 9.54. The van der Waals surface area contributed by atoms with Crippen LogP contribution < -0.4 is 21.4 Å². The lowest BCUT2D eigenvalue weighted by Gasteiger charge is -2.35. The van der Waals surface area contributed by atoms with E-state index in [0.717, 1.165) is 22.4 Å². The lowest BCUT2D eigenvalue weighted by molar-refractivity contribution is -0.132. The number of rotatable bonds is 14. The zero-order chi connectivity index (χ0) is 37.8. The van der Waals surface area contributed by atoms with Crippen LogP contribution in [-0.2, 0) is 32.0 Å². The van der Waals surface area contributed by atoms with E-state index in [0.29, 0.717) is 0 Å². The first-order valence-electron chi connectivity index (χ1n) is 16.8. The van der Waals surface area contributed by atoms with Gasteiger partial charge in [0.2, 0.25) is 5.91 Å². The van der Waals surface area contributed by atoms with Gasteiger partial charge in [0.1, 0.15) is 12.1 Å². The topological polar surface area (TPSA) is 171 Å². The number of aromatic nitrogens is 1. The number of nitrogens with one attached hydrogen (secondary N) is 4. The van der Waals surface area contributed by atoms with Crippen molar-refractivity contribution in [2.45, 2.75) is 78.7 Å². The van der Waals surface area contributed by atoms with Crippen LogP contribution >= 0.6 is 0 Å². The molecule has 0 aliphatic rings. The number of ether oxygens (including phenoxy) is 2. The third-order valence-corrected chi connectivity index (χ3v) is 8.21. The van der Waals surface area contributed by atoms with Crippen molar-refractivity contribution in [1.29, 1.82) is 0 Å². The molecule has 0 bridgehead atoms. The second-order valence-corrected chi connectivity index (χ2v) is 14.5. The lowest BCUT2D eigenvalue weighted by Crippen LogP contribution is -2.60. The van der Waals surface area contributed by atoms with Gasteiger partial charge in [-0.25, -0.2) is 14.6 Å². The zero-order valence-corrected chi connectivity index (χ0v) is 30.7. The number of amides is 4. The lowest BCUT2D eigenvalue weighted by atomic mass is 9.85. The Morgan fingerprint density at radius 2 is 1.27 bits per heavy atom. The van der Waals surface area contributed by atoms with E-state index in [-0.39, 0.29) is 19.5 Å². The van der Waals surface area contributed by atoms with E-state index in [1.807, 2.05) is 93.6 Å². The van der Waals surface area contributed by atoms with Gasteiger partial charge in [0.25, 0.3) is 5.91 Å². The summed E-state index contributed by atoms with van der Waals surface area (Å²) in [6.45, 7) is 10.9. The predicted octanol–water partition coefficient (Wildman–Crippen LogP) is 4.21. The summed E-state index contributed by atoms with van der Waals surface area (Å²) in [5.41, 5.74) is 4.88. The molecule has 3 aromatic rings. The molecular formula is C38H52N6O7. The molecule has 0 aliphatic heterocycles. The van der Waals surface area contributed by atoms with Crippen molar-refractivity contribution in [3.05, 3.63) is 90.1 Å². The highest BCUT2D eigenvalue weighted by molar-refractivity contribution is 5.87. The molecule has 13 nitrogen and oxygen atoms in total. The van der Waals surface area contributed by atoms with Crippen LogP contribution in [0.25, 0.3) is 11.3 Å². The fraction of sp³-hybridized carbons (Fsp3) is 0.447. The molecule has 0 saturated heterocycles. The largest absolute Gasteiger partial charge is 0.453 e. The van der Waals surface area contributed by atoms with Crippen LogP contribution in [0.5, 0.6) is 0 Å². The van der Waals surface area contributed by atoms with Crippen molar-refractivity contribution in [2.24, 2.45) is 10.8 Å². The van der Waals surface area contributed by atoms with E-state index in [9.17, 15) is 24.3 Å². The molecule has 51 heavy (non-hydrogen) atoms. The van der Waals surface area contributed by atoms with Crippen molar-refractivity contribution in [2.75, 3.05) is 20.8 Å². The van der Waals surface area contributed by atoms with Crippen LogP contribution in [0.3, 0.4) is 0 Å². The van der Waals surface area contributed by atoms with Crippen LogP contribution in [0.15, 0.2) is 79.0 Å². The maximum atomic E-state index is 13.8. The Hall–Kier alpha value is -5.01. The number of pyridine rings is 1. The van der Waals surface area contributed by atoms with Crippen molar-refractivity contribution >= 4 is 24.0 Å². The predicted molar refractivity (Wildman–Crippen MR) is 194 cm³/mol. The normalized spacial score (nSPS) is 14.0. The summed E-state index contributed by atoms with van der Waals surface area (Å²) >= 11 is 0. The molecule has 0 fully saturated rings. The first kappa shape index (κ1) is 40.4. The third kappa shape index (κ3) is 12.7. The van der Waals surface area contributed by atoms with Crippen LogP contribution in [0.1, 0.15) is 52.7 Å². The number of nitrogens with zero attached hydrogens (tertiary/aromatic N) is 2. The Bertz CT molecular complexity index is 1570. The monoisotopic (exact) mass is 704 g/mol. The average Bonchev–Trinajstić information content (AvgIpc) is 3.08. The fourth-order valence-electron chi connectivity index (χ4n) is 5.38. The molecule has 0 aliphatic carbocycles. The van der Waals surface area contributed by atoms with Crippen molar-refractivity contribution < 1.29 is 33.8 Å². The summed E-state index contributed by atoms with van der Waals surface area (Å²) in [7, 11) is 2.44. The van der Waals surface area contributed by atoms with E-state index < -0.39 is 59.1 Å². The van der Waals surface area contributed by atoms with Gasteiger partial charge in [-0.05, 0) is 40.5 Å². The Morgan fingerprint density at radius 3 is 1.78 bits per heavy atom.